The van der Waals surface area contributed by atoms with Crippen molar-refractivity contribution in [2.24, 2.45) is 5.10 Å². The molecular weight excluding hydrogens is 78.1 g/mol. The molecule has 0 saturated carbocycles. The Bertz CT molecular complexity index is 35.3. The quantitative estimate of drug-likeness (QED) is 0.267. The van der Waals surface area contributed by atoms with Gasteiger partial charge in [0, 0.05) is 14.1 Å². The van der Waals surface area contributed by atoms with E-state index >= 15 is 0 Å². The first kappa shape index (κ1) is 5.27. The molecule has 0 bridgehead atoms. The topological polar surface area (TPSA) is 36.4 Å². The number of hydrogen-bond acceptors (Lipinski definition) is 2. The van der Waals surface area contributed by atoms with Gasteiger partial charge < -0.3 is 10.7 Å². The summed E-state index contributed by atoms with van der Waals surface area (Å²) in [6.07, 6.45) is 1.57. The Morgan fingerprint density at radius 3 is 2.33 bits per heavy atom. The molecule has 0 radical (unpaired) electrons. The predicted molar refractivity (Wildman–Crippen MR) is 26.6 cm³/mol. The van der Waals surface area contributed by atoms with Crippen LogP contribution in [0.1, 0.15) is 0 Å². The summed E-state index contributed by atoms with van der Waals surface area (Å²) in [4.78, 5) is 0. The maximum atomic E-state index is 3.60. The summed E-state index contributed by atoms with van der Waals surface area (Å²) < 4.78 is 0. The Labute approximate surface area is 37.4 Å². The molecule has 0 spiro atoms. The Morgan fingerprint density at radius 1 is 1.50 bits per heavy atom. The summed E-state index contributed by atoms with van der Waals surface area (Å²) in [5.74, 6) is 0. The molecule has 0 aromatic heterocycles. The average Bonchev–Trinajstić information content (AvgIpc) is 1.61. The highest BCUT2D eigenvalue weighted by Gasteiger charge is 1.52. The highest BCUT2D eigenvalue weighted by molar-refractivity contribution is 5.52. The van der Waals surface area contributed by atoms with Crippen molar-refractivity contribution in [2.75, 3.05) is 14.1 Å². The number of hydrazone groups is 1. The first-order chi connectivity index (χ1) is 2.91. The second-order valence-corrected chi connectivity index (χ2v) is 0.770. The van der Waals surface area contributed by atoms with Crippen LogP contribution in [0.15, 0.2) is 5.10 Å². The van der Waals surface area contributed by atoms with Crippen LogP contribution in [0, 0.1) is 0 Å². The minimum atomic E-state index is 1.57. The monoisotopic (exact) mass is 87.1 g/mol. The molecule has 0 aromatic carbocycles. The largest absolute Gasteiger partial charge is 0.378 e. The zero-order chi connectivity index (χ0) is 4.83. The number of rotatable bonds is 2. The highest BCUT2D eigenvalue weighted by Crippen LogP contribution is 1.38. The van der Waals surface area contributed by atoms with E-state index in [1.165, 1.54) is 0 Å². The van der Waals surface area contributed by atoms with Crippen molar-refractivity contribution in [3.8, 4) is 0 Å². The van der Waals surface area contributed by atoms with Gasteiger partial charge in [-0.05, 0) is 0 Å². The number of hydrogen-bond donors (Lipinski definition) is 2. The lowest BCUT2D eigenvalue weighted by molar-refractivity contribution is 0.896. The Balaban J connectivity index is 2.73. The van der Waals surface area contributed by atoms with Gasteiger partial charge in [0.25, 0.3) is 0 Å². The van der Waals surface area contributed by atoms with E-state index in [4.69, 9.17) is 0 Å². The molecule has 36 valence electrons. The van der Waals surface area contributed by atoms with E-state index in [9.17, 15) is 0 Å². The molecule has 0 atom stereocenters. The van der Waals surface area contributed by atoms with E-state index in [-0.39, 0.29) is 0 Å². The highest BCUT2D eigenvalue weighted by atomic mass is 15.3. The fourth-order valence-electron chi connectivity index (χ4n) is 0.129. The standard InChI is InChI=1S/C3H9N3/c1-4-3-6-5-2/h3,5H,1-2H3,(H,4,6). The molecule has 0 heterocycles. The van der Waals surface area contributed by atoms with Crippen LogP contribution < -0.4 is 10.7 Å². The van der Waals surface area contributed by atoms with Crippen LogP contribution in [0.5, 0.6) is 0 Å². The van der Waals surface area contributed by atoms with Crippen molar-refractivity contribution in [2.45, 2.75) is 0 Å². The van der Waals surface area contributed by atoms with Crippen LogP contribution in [0.3, 0.4) is 0 Å². The van der Waals surface area contributed by atoms with Crippen molar-refractivity contribution in [1.29, 1.82) is 0 Å². The lowest BCUT2D eigenvalue weighted by Crippen LogP contribution is -2.05. The first-order valence-corrected chi connectivity index (χ1v) is 1.77. The molecule has 0 aliphatic carbocycles. The zero-order valence-corrected chi connectivity index (χ0v) is 4.02. The van der Waals surface area contributed by atoms with Gasteiger partial charge in [0.2, 0.25) is 0 Å². The van der Waals surface area contributed by atoms with Crippen LogP contribution in [-0.4, -0.2) is 20.4 Å². The molecule has 0 fully saturated rings. The van der Waals surface area contributed by atoms with Crippen LogP contribution in [0.2, 0.25) is 0 Å². The molecule has 0 amide bonds. The van der Waals surface area contributed by atoms with E-state index in [0.29, 0.717) is 0 Å². The van der Waals surface area contributed by atoms with E-state index in [0.717, 1.165) is 0 Å². The summed E-state index contributed by atoms with van der Waals surface area (Å²) in [5, 5.41) is 6.32. The molecule has 0 aliphatic heterocycles. The molecule has 0 saturated heterocycles. The summed E-state index contributed by atoms with van der Waals surface area (Å²) >= 11 is 0. The molecule has 0 rings (SSSR count). The van der Waals surface area contributed by atoms with E-state index in [1.807, 2.05) is 0 Å². The van der Waals surface area contributed by atoms with Gasteiger partial charge in [-0.15, -0.1) is 0 Å². The zero-order valence-electron chi connectivity index (χ0n) is 4.02. The molecule has 2 N–H and O–H groups in total. The predicted octanol–water partition coefficient (Wildman–Crippen LogP) is -0.632. The Morgan fingerprint density at radius 2 is 2.17 bits per heavy atom. The van der Waals surface area contributed by atoms with Gasteiger partial charge in [-0.3, -0.25) is 0 Å². The van der Waals surface area contributed by atoms with Crippen LogP contribution in [0.25, 0.3) is 0 Å². The Kier molecular flexibility index (Phi) is 3.75. The molecule has 3 heteroatoms. The molecule has 3 nitrogen and oxygen atoms in total. The van der Waals surface area contributed by atoms with Crippen LogP contribution >= 0.6 is 0 Å². The third-order valence-corrected chi connectivity index (χ3v) is 0.323. The molecular formula is C3H9N3. The van der Waals surface area contributed by atoms with Gasteiger partial charge in [0.1, 0.15) is 6.34 Å². The fraction of sp³-hybridized carbons (Fsp3) is 0.667. The van der Waals surface area contributed by atoms with Crippen molar-refractivity contribution < 1.29 is 0 Å². The molecule has 0 aromatic rings. The van der Waals surface area contributed by atoms with Gasteiger partial charge in [0.05, 0.1) is 0 Å². The SMILES string of the molecule is CN/C=N/NC. The Hall–Kier alpha value is -0.730. The summed E-state index contributed by atoms with van der Waals surface area (Å²) in [7, 11) is 3.54. The second kappa shape index (κ2) is 4.27. The molecule has 6 heavy (non-hydrogen) atoms. The lowest BCUT2D eigenvalue weighted by Gasteiger charge is -1.82. The summed E-state index contributed by atoms with van der Waals surface area (Å²) in [6, 6.07) is 0. The van der Waals surface area contributed by atoms with Crippen molar-refractivity contribution in [1.82, 2.24) is 10.7 Å². The van der Waals surface area contributed by atoms with E-state index in [1.54, 1.807) is 20.4 Å². The number of nitrogens with zero attached hydrogens (tertiary/aromatic N) is 1. The lowest BCUT2D eigenvalue weighted by atomic mass is 11.2. The van der Waals surface area contributed by atoms with Crippen LogP contribution in [0.4, 0.5) is 0 Å². The summed E-state index contributed by atoms with van der Waals surface area (Å²) in [6.45, 7) is 0. The van der Waals surface area contributed by atoms with Gasteiger partial charge in [0.15, 0.2) is 0 Å². The van der Waals surface area contributed by atoms with E-state index < -0.39 is 0 Å². The molecule has 0 unspecified atom stereocenters. The van der Waals surface area contributed by atoms with Gasteiger partial charge in [-0.2, -0.15) is 5.10 Å². The van der Waals surface area contributed by atoms with Crippen molar-refractivity contribution >= 4 is 6.34 Å². The number of nitrogens with one attached hydrogen (secondary N) is 2. The minimum Gasteiger partial charge on any atom is -0.378 e. The minimum absolute atomic E-state index is 1.57. The maximum absolute atomic E-state index is 3.60. The third kappa shape index (κ3) is 3.27. The van der Waals surface area contributed by atoms with Gasteiger partial charge in [-0.25, -0.2) is 0 Å². The van der Waals surface area contributed by atoms with Crippen LogP contribution in [-0.2, 0) is 0 Å². The van der Waals surface area contributed by atoms with Crippen molar-refractivity contribution in [3.63, 3.8) is 0 Å². The third-order valence-electron chi connectivity index (χ3n) is 0.323. The normalized spacial score (nSPS) is 9.00. The fourth-order valence-corrected chi connectivity index (χ4v) is 0.129. The summed E-state index contributed by atoms with van der Waals surface area (Å²) in [5.41, 5.74) is 2.58. The van der Waals surface area contributed by atoms with E-state index in [2.05, 4.69) is 15.8 Å². The molecule has 0 aliphatic rings. The first-order valence-electron chi connectivity index (χ1n) is 1.77. The average molecular weight is 87.1 g/mol. The van der Waals surface area contributed by atoms with Gasteiger partial charge in [-0.1, -0.05) is 0 Å². The second-order valence-electron chi connectivity index (χ2n) is 0.770. The van der Waals surface area contributed by atoms with Gasteiger partial charge >= 0.3 is 0 Å². The van der Waals surface area contributed by atoms with Crippen molar-refractivity contribution in [3.05, 3.63) is 0 Å². The smallest absolute Gasteiger partial charge is 0.108 e. The maximum Gasteiger partial charge on any atom is 0.108 e.